The Morgan fingerprint density at radius 1 is 1.04 bits per heavy atom. The maximum Gasteiger partial charge on any atom is 0.387 e. The number of para-hydroxylation sites is 2. The highest BCUT2D eigenvalue weighted by Crippen LogP contribution is 2.25. The Hall–Kier alpha value is -3.35. The molecule has 2 aromatic carbocycles. The van der Waals surface area contributed by atoms with Crippen molar-refractivity contribution >= 4 is 28.7 Å². The Bertz CT molecular complexity index is 958. The molecule has 0 aliphatic heterocycles. The zero-order valence-corrected chi connectivity index (χ0v) is 12.8. The molecule has 0 atom stereocenters. The van der Waals surface area contributed by atoms with Crippen LogP contribution in [-0.4, -0.2) is 16.5 Å². The fraction of sp³-hybridized carbons (Fsp3) is 0.0556. The summed E-state index contributed by atoms with van der Waals surface area (Å²) in [5.41, 5.74) is 1.10. The lowest BCUT2D eigenvalue weighted by atomic mass is 10.1. The Balaban J connectivity index is 1.97. The number of rotatable bonds is 5. The average molecular weight is 342 g/mol. The van der Waals surface area contributed by atoms with Crippen molar-refractivity contribution in [3.8, 4) is 5.75 Å². The van der Waals surface area contributed by atoms with E-state index in [4.69, 9.17) is 0 Å². The van der Waals surface area contributed by atoms with Crippen LogP contribution < -0.4 is 4.74 Å². The van der Waals surface area contributed by atoms with E-state index in [0.29, 0.717) is 16.6 Å². The number of pyridine rings is 1. The molecule has 126 valence electrons. The summed E-state index contributed by atoms with van der Waals surface area (Å²) in [6.45, 7) is -2.92. The summed E-state index contributed by atoms with van der Waals surface area (Å²) >= 11 is 0. The predicted octanol–water partition coefficient (Wildman–Crippen LogP) is 4.91. The number of halogens is 2. The Morgan fingerprint density at radius 2 is 1.84 bits per heavy atom. The van der Waals surface area contributed by atoms with Crippen molar-refractivity contribution in [1.82, 2.24) is 4.98 Å². The van der Waals surface area contributed by atoms with Crippen molar-refractivity contribution in [3.63, 3.8) is 0 Å². The van der Waals surface area contributed by atoms with Gasteiger partial charge < -0.3 is 4.74 Å². The minimum Gasteiger partial charge on any atom is -0.434 e. The molecule has 0 radical (unpaired) electrons. The van der Waals surface area contributed by atoms with E-state index >= 15 is 0 Å². The first kappa shape index (κ1) is 16.5. The molecule has 0 N–H and O–H groups in total. The molecule has 0 aliphatic rings. The molecule has 0 saturated heterocycles. The molecule has 0 spiro atoms. The zero-order chi connectivity index (χ0) is 17.8. The summed E-state index contributed by atoms with van der Waals surface area (Å²) in [4.78, 5) is 14.9. The first-order valence-corrected chi connectivity index (χ1v) is 7.30. The molecule has 0 bridgehead atoms. The smallest absolute Gasteiger partial charge is 0.387 e. The Morgan fingerprint density at radius 3 is 2.60 bits per heavy atom. The molecular weight excluding hydrogens is 330 g/mol. The highest BCUT2D eigenvalue weighted by atomic mass is 19.3. The second-order valence-electron chi connectivity index (χ2n) is 5.09. The average Bonchev–Trinajstić information content (AvgIpc) is 2.59. The first-order valence-electron chi connectivity index (χ1n) is 7.30. The van der Waals surface area contributed by atoms with Crippen molar-refractivity contribution in [2.24, 2.45) is 0 Å². The zero-order valence-electron chi connectivity index (χ0n) is 12.8. The molecule has 25 heavy (non-hydrogen) atoms. The van der Waals surface area contributed by atoms with Gasteiger partial charge in [-0.15, -0.1) is 0 Å². The summed E-state index contributed by atoms with van der Waals surface area (Å²) in [6, 6.07) is 14.5. The van der Waals surface area contributed by atoms with E-state index in [-0.39, 0.29) is 17.0 Å². The standard InChI is InChI=1S/C18H12F2N2O3/c19-18(20)25-16-7-2-1-4-12(16)8-10-14-11-9-13-5-3-6-15(22(23)24)17(13)21-14/h1-11,18H/b10-8+. The largest absolute Gasteiger partial charge is 0.434 e. The van der Waals surface area contributed by atoms with Crippen LogP contribution in [0.3, 0.4) is 0 Å². The molecule has 3 rings (SSSR count). The fourth-order valence-corrected chi connectivity index (χ4v) is 2.38. The Labute approximate surface area is 141 Å². The third kappa shape index (κ3) is 3.77. The summed E-state index contributed by atoms with van der Waals surface area (Å²) in [5.74, 6) is 0.0421. The molecule has 0 aliphatic carbocycles. The number of nitro benzene ring substituents is 1. The van der Waals surface area contributed by atoms with Gasteiger partial charge in [-0.05, 0) is 24.3 Å². The molecule has 0 fully saturated rings. The van der Waals surface area contributed by atoms with Crippen molar-refractivity contribution < 1.29 is 18.4 Å². The van der Waals surface area contributed by atoms with E-state index in [1.54, 1.807) is 54.6 Å². The number of nitro groups is 1. The van der Waals surface area contributed by atoms with Crippen molar-refractivity contribution in [3.05, 3.63) is 76.0 Å². The quantitative estimate of drug-likeness (QED) is 0.488. The van der Waals surface area contributed by atoms with E-state index in [2.05, 4.69) is 9.72 Å². The molecule has 5 nitrogen and oxygen atoms in total. The van der Waals surface area contributed by atoms with Crippen LogP contribution in [-0.2, 0) is 0 Å². The molecule has 0 saturated carbocycles. The first-order chi connectivity index (χ1) is 12.0. The van der Waals surface area contributed by atoms with Gasteiger partial charge in [0.25, 0.3) is 5.69 Å². The van der Waals surface area contributed by atoms with Crippen LogP contribution in [0.5, 0.6) is 5.75 Å². The van der Waals surface area contributed by atoms with Gasteiger partial charge in [0.05, 0.1) is 10.6 Å². The topological polar surface area (TPSA) is 65.3 Å². The normalized spacial score (nSPS) is 11.3. The van der Waals surface area contributed by atoms with Crippen LogP contribution in [0.2, 0.25) is 0 Å². The number of alkyl halides is 2. The van der Waals surface area contributed by atoms with Gasteiger partial charge in [-0.25, -0.2) is 4.98 Å². The van der Waals surface area contributed by atoms with Gasteiger partial charge in [-0.2, -0.15) is 8.78 Å². The molecule has 3 aromatic rings. The van der Waals surface area contributed by atoms with E-state index in [0.717, 1.165) is 0 Å². The van der Waals surface area contributed by atoms with Crippen LogP contribution in [0, 0.1) is 10.1 Å². The van der Waals surface area contributed by atoms with Crippen LogP contribution in [0.25, 0.3) is 23.1 Å². The minimum atomic E-state index is -2.92. The number of hydrogen-bond acceptors (Lipinski definition) is 4. The van der Waals surface area contributed by atoms with Crippen molar-refractivity contribution in [1.29, 1.82) is 0 Å². The number of fused-ring (bicyclic) bond motifs is 1. The summed E-state index contributed by atoms with van der Waals surface area (Å²) in [5, 5.41) is 11.8. The van der Waals surface area contributed by atoms with Gasteiger partial charge in [0, 0.05) is 17.0 Å². The Kier molecular flexibility index (Phi) is 4.65. The van der Waals surface area contributed by atoms with Crippen molar-refractivity contribution in [2.45, 2.75) is 6.61 Å². The molecule has 0 amide bonds. The third-order valence-electron chi connectivity index (χ3n) is 3.49. The fourth-order valence-electron chi connectivity index (χ4n) is 2.38. The number of hydrogen-bond donors (Lipinski definition) is 0. The SMILES string of the molecule is O=[N+]([O-])c1cccc2ccc(/C=C/c3ccccc3OC(F)F)nc12. The van der Waals surface area contributed by atoms with E-state index < -0.39 is 11.5 Å². The summed E-state index contributed by atoms with van der Waals surface area (Å²) < 4.78 is 29.3. The van der Waals surface area contributed by atoms with Crippen LogP contribution in [0.15, 0.2) is 54.6 Å². The summed E-state index contributed by atoms with van der Waals surface area (Å²) in [7, 11) is 0. The number of ether oxygens (including phenoxy) is 1. The number of non-ortho nitro benzene ring substituents is 1. The van der Waals surface area contributed by atoms with Gasteiger partial charge in [0.15, 0.2) is 0 Å². The molecular formula is C18H12F2N2O3. The second kappa shape index (κ2) is 7.04. The van der Waals surface area contributed by atoms with E-state index in [1.807, 2.05) is 0 Å². The van der Waals surface area contributed by atoms with Crippen LogP contribution in [0.1, 0.15) is 11.3 Å². The predicted molar refractivity (Wildman–Crippen MR) is 90.4 cm³/mol. The number of benzene rings is 2. The summed E-state index contributed by atoms with van der Waals surface area (Å²) in [6.07, 6.45) is 3.16. The lowest BCUT2D eigenvalue weighted by molar-refractivity contribution is -0.383. The van der Waals surface area contributed by atoms with Gasteiger partial charge in [-0.1, -0.05) is 36.4 Å². The van der Waals surface area contributed by atoms with Crippen LogP contribution in [0.4, 0.5) is 14.5 Å². The lowest BCUT2D eigenvalue weighted by Crippen LogP contribution is -2.02. The lowest BCUT2D eigenvalue weighted by Gasteiger charge is -2.07. The van der Waals surface area contributed by atoms with E-state index in [1.165, 1.54) is 12.1 Å². The van der Waals surface area contributed by atoms with E-state index in [9.17, 15) is 18.9 Å². The highest BCUT2D eigenvalue weighted by Gasteiger charge is 2.12. The van der Waals surface area contributed by atoms with Gasteiger partial charge in [0.1, 0.15) is 11.3 Å². The maximum absolute atomic E-state index is 12.4. The second-order valence-corrected chi connectivity index (χ2v) is 5.09. The molecule has 1 aromatic heterocycles. The van der Waals surface area contributed by atoms with Gasteiger partial charge in [0.2, 0.25) is 0 Å². The van der Waals surface area contributed by atoms with Gasteiger partial charge >= 0.3 is 6.61 Å². The molecule has 1 heterocycles. The maximum atomic E-state index is 12.4. The van der Waals surface area contributed by atoms with Gasteiger partial charge in [-0.3, -0.25) is 10.1 Å². The molecule has 7 heteroatoms. The number of aromatic nitrogens is 1. The molecule has 0 unspecified atom stereocenters. The monoisotopic (exact) mass is 342 g/mol. The highest BCUT2D eigenvalue weighted by molar-refractivity contribution is 5.88. The minimum absolute atomic E-state index is 0.0421. The third-order valence-corrected chi connectivity index (χ3v) is 3.49. The van der Waals surface area contributed by atoms with Crippen molar-refractivity contribution in [2.75, 3.05) is 0 Å². The number of nitrogens with zero attached hydrogens (tertiary/aromatic N) is 2. The van der Waals surface area contributed by atoms with Crippen LogP contribution >= 0.6 is 0 Å².